The molecule has 1 atom stereocenters. The summed E-state index contributed by atoms with van der Waals surface area (Å²) in [5.41, 5.74) is 1.84. The minimum absolute atomic E-state index is 0.0115. The molecule has 0 aromatic heterocycles. The molecule has 0 saturated carbocycles. The lowest BCUT2D eigenvalue weighted by atomic mass is 10.0. The van der Waals surface area contributed by atoms with Gasteiger partial charge in [0, 0.05) is 11.4 Å². The normalized spacial score (nSPS) is 11.6. The van der Waals surface area contributed by atoms with Gasteiger partial charge in [0.25, 0.3) is 0 Å². The van der Waals surface area contributed by atoms with Gasteiger partial charge in [0.2, 0.25) is 11.8 Å². The highest BCUT2D eigenvalue weighted by atomic mass is 19.1. The molecular weight excluding hydrogens is 397 g/mol. The summed E-state index contributed by atoms with van der Waals surface area (Å²) in [6.07, 6.45) is 0. The summed E-state index contributed by atoms with van der Waals surface area (Å²) in [4.78, 5) is 27.3. The van der Waals surface area contributed by atoms with Crippen LogP contribution < -0.4 is 15.4 Å². The lowest BCUT2D eigenvalue weighted by Gasteiger charge is -2.27. The maximum Gasteiger partial charge on any atom is 0.246 e. The van der Waals surface area contributed by atoms with Gasteiger partial charge >= 0.3 is 0 Å². The summed E-state index contributed by atoms with van der Waals surface area (Å²) in [5, 5.41) is 5.61. The van der Waals surface area contributed by atoms with Crippen molar-refractivity contribution in [2.45, 2.75) is 6.04 Å². The zero-order chi connectivity index (χ0) is 22.2. The van der Waals surface area contributed by atoms with Crippen LogP contribution in [0.3, 0.4) is 0 Å². The molecule has 1 unspecified atom stereocenters. The third-order valence-corrected chi connectivity index (χ3v) is 4.68. The predicted molar refractivity (Wildman–Crippen MR) is 118 cm³/mol. The molecule has 6 nitrogen and oxygen atoms in total. The zero-order valence-electron chi connectivity index (χ0n) is 17.3. The minimum Gasteiger partial charge on any atom is -0.497 e. The standard InChI is InChI=1S/C24H24FN3O3/c1-28(16-22(29)26-19-12-14-21(31-2)15-13-19)23(17-6-4-3-5-7-17)24(30)27-20-10-8-18(25)9-11-20/h3-15,23H,16H2,1-2H3,(H,26,29)(H,27,30). The van der Waals surface area contributed by atoms with Gasteiger partial charge in [0.15, 0.2) is 0 Å². The van der Waals surface area contributed by atoms with E-state index < -0.39 is 6.04 Å². The fourth-order valence-corrected chi connectivity index (χ4v) is 3.18. The first-order valence-corrected chi connectivity index (χ1v) is 9.72. The van der Waals surface area contributed by atoms with Crippen molar-refractivity contribution in [2.24, 2.45) is 0 Å². The molecule has 3 rings (SSSR count). The fraction of sp³-hybridized carbons (Fsp3) is 0.167. The molecule has 31 heavy (non-hydrogen) atoms. The van der Waals surface area contributed by atoms with Crippen molar-refractivity contribution in [3.05, 3.63) is 90.2 Å². The van der Waals surface area contributed by atoms with Crippen LogP contribution in [-0.4, -0.2) is 37.4 Å². The van der Waals surface area contributed by atoms with Crippen molar-refractivity contribution in [3.63, 3.8) is 0 Å². The van der Waals surface area contributed by atoms with Gasteiger partial charge in [-0.2, -0.15) is 0 Å². The highest BCUT2D eigenvalue weighted by molar-refractivity contribution is 5.97. The molecule has 2 amide bonds. The van der Waals surface area contributed by atoms with Crippen LogP contribution in [0, 0.1) is 5.82 Å². The Balaban J connectivity index is 1.72. The molecule has 7 heteroatoms. The fourth-order valence-electron chi connectivity index (χ4n) is 3.18. The number of nitrogens with zero attached hydrogens (tertiary/aromatic N) is 1. The Morgan fingerprint density at radius 3 is 2.10 bits per heavy atom. The third kappa shape index (κ3) is 6.13. The van der Waals surface area contributed by atoms with Gasteiger partial charge in [-0.15, -0.1) is 0 Å². The van der Waals surface area contributed by atoms with E-state index in [1.807, 2.05) is 30.3 Å². The first-order valence-electron chi connectivity index (χ1n) is 9.72. The summed E-state index contributed by atoms with van der Waals surface area (Å²) < 4.78 is 18.3. The second-order valence-electron chi connectivity index (χ2n) is 7.00. The molecule has 0 saturated heterocycles. The molecule has 3 aromatic rings. The molecule has 0 bridgehead atoms. The van der Waals surface area contributed by atoms with E-state index in [0.717, 1.165) is 5.56 Å². The topological polar surface area (TPSA) is 70.7 Å². The number of halogens is 1. The zero-order valence-corrected chi connectivity index (χ0v) is 17.3. The summed E-state index contributed by atoms with van der Waals surface area (Å²) in [6, 6.07) is 21.0. The molecule has 160 valence electrons. The van der Waals surface area contributed by atoms with Crippen LogP contribution in [-0.2, 0) is 9.59 Å². The lowest BCUT2D eigenvalue weighted by Crippen LogP contribution is -2.39. The van der Waals surface area contributed by atoms with E-state index in [4.69, 9.17) is 4.74 Å². The number of ether oxygens (including phenoxy) is 1. The van der Waals surface area contributed by atoms with E-state index in [1.54, 1.807) is 43.3 Å². The number of benzene rings is 3. The van der Waals surface area contributed by atoms with Crippen LogP contribution in [0.1, 0.15) is 11.6 Å². The Hall–Kier alpha value is -3.71. The maximum atomic E-state index is 13.2. The number of hydrogen-bond donors (Lipinski definition) is 2. The van der Waals surface area contributed by atoms with Crippen LogP contribution in [0.15, 0.2) is 78.9 Å². The minimum atomic E-state index is -0.715. The number of likely N-dealkylation sites (N-methyl/N-ethyl adjacent to an activating group) is 1. The van der Waals surface area contributed by atoms with Gasteiger partial charge in [0.1, 0.15) is 17.6 Å². The van der Waals surface area contributed by atoms with E-state index in [-0.39, 0.29) is 24.2 Å². The SMILES string of the molecule is COc1ccc(NC(=O)CN(C)C(C(=O)Nc2ccc(F)cc2)c2ccccc2)cc1. The van der Waals surface area contributed by atoms with Gasteiger partial charge in [-0.05, 0) is 61.1 Å². The number of rotatable bonds is 8. The highest BCUT2D eigenvalue weighted by Gasteiger charge is 2.26. The molecule has 2 N–H and O–H groups in total. The largest absolute Gasteiger partial charge is 0.497 e. The molecule has 0 heterocycles. The average Bonchev–Trinajstić information content (AvgIpc) is 2.76. The van der Waals surface area contributed by atoms with Crippen molar-refractivity contribution < 1.29 is 18.7 Å². The molecule has 0 aliphatic carbocycles. The van der Waals surface area contributed by atoms with Crippen LogP contribution in [0.25, 0.3) is 0 Å². The summed E-state index contributed by atoms with van der Waals surface area (Å²) >= 11 is 0. The van der Waals surface area contributed by atoms with E-state index in [0.29, 0.717) is 17.1 Å². The smallest absolute Gasteiger partial charge is 0.246 e. The number of nitrogens with one attached hydrogen (secondary N) is 2. The third-order valence-electron chi connectivity index (χ3n) is 4.68. The van der Waals surface area contributed by atoms with Gasteiger partial charge in [0.05, 0.1) is 13.7 Å². The average molecular weight is 421 g/mol. The van der Waals surface area contributed by atoms with Crippen LogP contribution in [0.2, 0.25) is 0 Å². The number of methoxy groups -OCH3 is 1. The first kappa shape index (κ1) is 22.0. The second-order valence-corrected chi connectivity index (χ2v) is 7.00. The summed E-state index contributed by atoms with van der Waals surface area (Å²) in [6.45, 7) is -0.0115. The molecule has 0 aliphatic rings. The van der Waals surface area contributed by atoms with E-state index >= 15 is 0 Å². The van der Waals surface area contributed by atoms with E-state index in [9.17, 15) is 14.0 Å². The van der Waals surface area contributed by atoms with Crippen molar-refractivity contribution in [2.75, 3.05) is 31.3 Å². The Bertz CT molecular complexity index is 1010. The van der Waals surface area contributed by atoms with Crippen LogP contribution in [0.5, 0.6) is 5.75 Å². The van der Waals surface area contributed by atoms with Crippen molar-refractivity contribution in [1.29, 1.82) is 0 Å². The molecule has 0 radical (unpaired) electrons. The number of hydrogen-bond acceptors (Lipinski definition) is 4. The number of amides is 2. The maximum absolute atomic E-state index is 13.2. The van der Waals surface area contributed by atoms with E-state index in [2.05, 4.69) is 10.6 Å². The lowest BCUT2D eigenvalue weighted by molar-refractivity contribution is -0.123. The van der Waals surface area contributed by atoms with Crippen molar-refractivity contribution in [3.8, 4) is 5.75 Å². The van der Waals surface area contributed by atoms with Crippen LogP contribution in [0.4, 0.5) is 15.8 Å². The summed E-state index contributed by atoms with van der Waals surface area (Å²) in [5.74, 6) is -0.276. The Labute approximate surface area is 180 Å². The number of anilines is 2. The monoisotopic (exact) mass is 421 g/mol. The molecule has 0 spiro atoms. The number of carbonyl (C=O) groups excluding carboxylic acids is 2. The van der Waals surface area contributed by atoms with Gasteiger partial charge < -0.3 is 15.4 Å². The van der Waals surface area contributed by atoms with Gasteiger partial charge in [-0.1, -0.05) is 30.3 Å². The first-order chi connectivity index (χ1) is 15.0. The van der Waals surface area contributed by atoms with Crippen molar-refractivity contribution in [1.82, 2.24) is 4.90 Å². The Morgan fingerprint density at radius 2 is 1.48 bits per heavy atom. The molecule has 3 aromatic carbocycles. The highest BCUT2D eigenvalue weighted by Crippen LogP contribution is 2.22. The van der Waals surface area contributed by atoms with E-state index in [1.165, 1.54) is 24.3 Å². The second kappa shape index (κ2) is 10.4. The van der Waals surface area contributed by atoms with Crippen molar-refractivity contribution >= 4 is 23.2 Å². The van der Waals surface area contributed by atoms with Gasteiger partial charge in [-0.3, -0.25) is 14.5 Å². The summed E-state index contributed by atoms with van der Waals surface area (Å²) in [7, 11) is 3.28. The molecule has 0 aliphatic heterocycles. The van der Waals surface area contributed by atoms with Gasteiger partial charge in [-0.25, -0.2) is 4.39 Å². The quantitative estimate of drug-likeness (QED) is 0.575. The number of carbonyl (C=O) groups is 2. The molecular formula is C24H24FN3O3. The predicted octanol–water partition coefficient (Wildman–Crippen LogP) is 4.08. The van der Waals surface area contributed by atoms with Crippen LogP contribution >= 0.6 is 0 Å². The molecule has 0 fully saturated rings. The Kier molecular flexibility index (Phi) is 7.35. The Morgan fingerprint density at radius 1 is 0.903 bits per heavy atom.